The average molecular weight is 215 g/mol. The lowest BCUT2D eigenvalue weighted by atomic mass is 9.74. The summed E-state index contributed by atoms with van der Waals surface area (Å²) in [5, 5.41) is 19.0. The summed E-state index contributed by atoms with van der Waals surface area (Å²) in [5.41, 5.74) is 5.72. The summed E-state index contributed by atoms with van der Waals surface area (Å²) in [6.07, 6.45) is 2.62. The van der Waals surface area contributed by atoms with Crippen molar-refractivity contribution in [1.82, 2.24) is 0 Å². The zero-order chi connectivity index (χ0) is 11.7. The predicted molar refractivity (Wildman–Crippen MR) is 61.1 cm³/mol. The average Bonchev–Trinajstić information content (AvgIpc) is 2.98. The Morgan fingerprint density at radius 1 is 1.33 bits per heavy atom. The van der Waals surface area contributed by atoms with E-state index in [1.54, 1.807) is 0 Å². The molecule has 15 heavy (non-hydrogen) atoms. The highest BCUT2D eigenvalue weighted by atomic mass is 16.5. The lowest BCUT2D eigenvalue weighted by Crippen LogP contribution is -2.36. The Morgan fingerprint density at radius 3 is 2.07 bits per heavy atom. The first-order valence-corrected chi connectivity index (χ1v) is 6.09. The summed E-state index contributed by atoms with van der Waals surface area (Å²) < 4.78 is 0. The van der Waals surface area contributed by atoms with Gasteiger partial charge < -0.3 is 15.9 Å². The van der Waals surface area contributed by atoms with Crippen molar-refractivity contribution < 1.29 is 10.2 Å². The SMILES string of the molecule is CCC(CC)(CN)C1CC1(CC)C(O)O. The Morgan fingerprint density at radius 2 is 1.87 bits per heavy atom. The Bertz CT molecular complexity index is 205. The van der Waals surface area contributed by atoms with Crippen LogP contribution in [0.4, 0.5) is 0 Å². The van der Waals surface area contributed by atoms with E-state index in [1.807, 2.05) is 6.92 Å². The third-order valence-corrected chi connectivity index (χ3v) is 4.84. The van der Waals surface area contributed by atoms with E-state index in [2.05, 4.69) is 13.8 Å². The number of hydrogen-bond donors (Lipinski definition) is 3. The monoisotopic (exact) mass is 215 g/mol. The fourth-order valence-electron chi connectivity index (χ4n) is 3.18. The van der Waals surface area contributed by atoms with E-state index >= 15 is 0 Å². The van der Waals surface area contributed by atoms with Crippen molar-refractivity contribution in [3.8, 4) is 0 Å². The topological polar surface area (TPSA) is 66.5 Å². The molecule has 0 radical (unpaired) electrons. The zero-order valence-corrected chi connectivity index (χ0v) is 10.2. The summed E-state index contributed by atoms with van der Waals surface area (Å²) in [5.74, 6) is 0.384. The van der Waals surface area contributed by atoms with Gasteiger partial charge in [0.1, 0.15) is 0 Å². The van der Waals surface area contributed by atoms with Gasteiger partial charge in [0.15, 0.2) is 6.29 Å². The van der Waals surface area contributed by atoms with Gasteiger partial charge in [0.05, 0.1) is 0 Å². The third kappa shape index (κ3) is 1.81. The molecule has 0 bridgehead atoms. The highest BCUT2D eigenvalue weighted by molar-refractivity contribution is 5.10. The minimum Gasteiger partial charge on any atom is -0.368 e. The Labute approximate surface area is 92.7 Å². The Kier molecular flexibility index (Phi) is 3.80. The molecule has 90 valence electrons. The maximum absolute atomic E-state index is 9.48. The minimum absolute atomic E-state index is 0.111. The molecule has 0 saturated heterocycles. The van der Waals surface area contributed by atoms with E-state index in [1.165, 1.54) is 0 Å². The van der Waals surface area contributed by atoms with Gasteiger partial charge in [-0.05, 0) is 43.6 Å². The van der Waals surface area contributed by atoms with Crippen LogP contribution in [-0.4, -0.2) is 23.0 Å². The maximum atomic E-state index is 9.48. The first kappa shape index (κ1) is 12.9. The van der Waals surface area contributed by atoms with Crippen LogP contribution in [0.15, 0.2) is 0 Å². The largest absolute Gasteiger partial charge is 0.368 e. The first-order valence-electron chi connectivity index (χ1n) is 6.09. The molecule has 0 heterocycles. The minimum atomic E-state index is -1.18. The van der Waals surface area contributed by atoms with Crippen molar-refractivity contribution in [1.29, 1.82) is 0 Å². The van der Waals surface area contributed by atoms with Crippen molar-refractivity contribution in [3.63, 3.8) is 0 Å². The molecular formula is C12H25NO2. The van der Waals surface area contributed by atoms with Crippen LogP contribution in [0.5, 0.6) is 0 Å². The van der Waals surface area contributed by atoms with Crippen LogP contribution in [0.25, 0.3) is 0 Å². The van der Waals surface area contributed by atoms with E-state index in [0.29, 0.717) is 12.5 Å². The Balaban J connectivity index is 2.83. The summed E-state index contributed by atoms with van der Waals surface area (Å²) >= 11 is 0. The van der Waals surface area contributed by atoms with E-state index < -0.39 is 6.29 Å². The molecule has 3 heteroatoms. The van der Waals surface area contributed by atoms with E-state index in [9.17, 15) is 10.2 Å². The van der Waals surface area contributed by atoms with E-state index in [4.69, 9.17) is 5.73 Å². The normalized spacial score (nSPS) is 31.0. The standard InChI is InChI=1S/C12H25NO2/c1-4-11(5-2,8-13)9-7-12(9,6-3)10(14)15/h9-10,14-15H,4-8,13H2,1-3H3. The molecule has 1 saturated carbocycles. The zero-order valence-electron chi connectivity index (χ0n) is 10.2. The molecule has 0 amide bonds. The van der Waals surface area contributed by atoms with Gasteiger partial charge in [-0.15, -0.1) is 0 Å². The number of aliphatic hydroxyl groups is 2. The molecule has 1 rings (SSSR count). The van der Waals surface area contributed by atoms with Crippen LogP contribution in [0, 0.1) is 16.7 Å². The van der Waals surface area contributed by atoms with Crippen molar-refractivity contribution in [2.45, 2.75) is 52.7 Å². The predicted octanol–water partition coefficient (Wildman–Crippen LogP) is 1.48. The van der Waals surface area contributed by atoms with Crippen LogP contribution in [0.1, 0.15) is 46.5 Å². The van der Waals surface area contributed by atoms with Crippen molar-refractivity contribution >= 4 is 0 Å². The molecule has 0 aromatic carbocycles. The molecular weight excluding hydrogens is 190 g/mol. The number of aliphatic hydroxyl groups excluding tert-OH is 1. The highest BCUT2D eigenvalue weighted by Gasteiger charge is 2.63. The summed E-state index contributed by atoms with van der Waals surface area (Å²) in [7, 11) is 0. The third-order valence-electron chi connectivity index (χ3n) is 4.84. The number of nitrogens with two attached hydrogens (primary N) is 1. The van der Waals surface area contributed by atoms with Gasteiger partial charge in [-0.25, -0.2) is 0 Å². The van der Waals surface area contributed by atoms with Crippen molar-refractivity contribution in [3.05, 3.63) is 0 Å². The van der Waals surface area contributed by atoms with Crippen LogP contribution in [0.3, 0.4) is 0 Å². The van der Waals surface area contributed by atoms with Crippen LogP contribution in [0.2, 0.25) is 0 Å². The molecule has 1 fully saturated rings. The second-order valence-electron chi connectivity index (χ2n) is 4.99. The van der Waals surface area contributed by atoms with Crippen molar-refractivity contribution in [2.24, 2.45) is 22.5 Å². The molecule has 4 N–H and O–H groups in total. The second-order valence-corrected chi connectivity index (χ2v) is 4.99. The molecule has 1 aliphatic carbocycles. The molecule has 0 spiro atoms. The smallest absolute Gasteiger partial charge is 0.157 e. The van der Waals surface area contributed by atoms with Gasteiger partial charge in [-0.1, -0.05) is 20.8 Å². The highest BCUT2D eigenvalue weighted by Crippen LogP contribution is 2.66. The molecule has 0 aromatic rings. The number of hydrogen-bond acceptors (Lipinski definition) is 3. The number of rotatable bonds is 6. The van der Waals surface area contributed by atoms with Gasteiger partial charge in [-0.2, -0.15) is 0 Å². The molecule has 2 unspecified atom stereocenters. The van der Waals surface area contributed by atoms with Gasteiger partial charge in [0, 0.05) is 5.41 Å². The molecule has 1 aliphatic rings. The lowest BCUT2D eigenvalue weighted by Gasteiger charge is -2.34. The fourth-order valence-corrected chi connectivity index (χ4v) is 3.18. The molecule has 2 atom stereocenters. The molecule has 3 nitrogen and oxygen atoms in total. The quantitative estimate of drug-likeness (QED) is 0.588. The van der Waals surface area contributed by atoms with Gasteiger partial charge in [-0.3, -0.25) is 0 Å². The summed E-state index contributed by atoms with van der Waals surface area (Å²) in [4.78, 5) is 0. The van der Waals surface area contributed by atoms with E-state index in [-0.39, 0.29) is 10.8 Å². The van der Waals surface area contributed by atoms with E-state index in [0.717, 1.165) is 25.7 Å². The summed E-state index contributed by atoms with van der Waals surface area (Å²) in [6, 6.07) is 0. The van der Waals surface area contributed by atoms with Crippen molar-refractivity contribution in [2.75, 3.05) is 6.54 Å². The fraction of sp³-hybridized carbons (Fsp3) is 1.00. The lowest BCUT2D eigenvalue weighted by molar-refractivity contribution is -0.109. The summed E-state index contributed by atoms with van der Waals surface area (Å²) in [6.45, 7) is 6.99. The maximum Gasteiger partial charge on any atom is 0.157 e. The van der Waals surface area contributed by atoms with Crippen LogP contribution >= 0.6 is 0 Å². The van der Waals surface area contributed by atoms with Gasteiger partial charge in [0.2, 0.25) is 0 Å². The van der Waals surface area contributed by atoms with Crippen LogP contribution < -0.4 is 5.73 Å². The Hall–Kier alpha value is -0.120. The molecule has 0 aliphatic heterocycles. The van der Waals surface area contributed by atoms with Crippen LogP contribution in [-0.2, 0) is 0 Å². The second kappa shape index (κ2) is 4.40. The molecule has 0 aromatic heterocycles. The van der Waals surface area contributed by atoms with Gasteiger partial charge >= 0.3 is 0 Å². The first-order chi connectivity index (χ1) is 7.03. The van der Waals surface area contributed by atoms with Gasteiger partial charge in [0.25, 0.3) is 0 Å².